The molecule has 0 unspecified atom stereocenters. The number of hydrogen-bond donors (Lipinski definition) is 1. The molecule has 0 saturated heterocycles. The number of halogens is 1. The zero-order valence-electron chi connectivity index (χ0n) is 14.0. The predicted octanol–water partition coefficient (Wildman–Crippen LogP) is 4.10. The molecule has 2 aromatic carbocycles. The summed E-state index contributed by atoms with van der Waals surface area (Å²) in [5, 5.41) is 3.22. The van der Waals surface area contributed by atoms with Crippen molar-refractivity contribution in [1.82, 2.24) is 0 Å². The highest BCUT2D eigenvalue weighted by atomic mass is 35.5. The first-order valence-corrected chi connectivity index (χ1v) is 8.25. The second kappa shape index (κ2) is 6.76. The lowest BCUT2D eigenvalue weighted by molar-refractivity contribution is -0.118. The summed E-state index contributed by atoms with van der Waals surface area (Å²) in [6, 6.07) is 12.0. The molecule has 25 heavy (non-hydrogen) atoms. The van der Waals surface area contributed by atoms with Crippen LogP contribution in [-0.4, -0.2) is 23.9 Å². The summed E-state index contributed by atoms with van der Waals surface area (Å²) in [4.78, 5) is 24.5. The van der Waals surface area contributed by atoms with E-state index in [2.05, 4.69) is 5.32 Å². The van der Waals surface area contributed by atoms with Gasteiger partial charge in [0.2, 0.25) is 0 Å². The number of nitrogens with one attached hydrogen (secondary N) is 1. The van der Waals surface area contributed by atoms with E-state index in [0.29, 0.717) is 27.8 Å². The summed E-state index contributed by atoms with van der Waals surface area (Å²) in [6.45, 7) is 3.50. The third kappa shape index (κ3) is 4.12. The first kappa shape index (κ1) is 17.3. The number of Topliss-reactive ketones (excluding diaryl/α,β-unsaturated/α-hetero) is 1. The fraction of sp³-hybridized carbons (Fsp3) is 0.263. The molecule has 0 aliphatic carbocycles. The molecule has 0 aromatic heterocycles. The quantitative estimate of drug-likeness (QED) is 0.892. The van der Waals surface area contributed by atoms with Gasteiger partial charge in [0, 0.05) is 10.7 Å². The Morgan fingerprint density at radius 1 is 1.28 bits per heavy atom. The molecule has 0 bridgehead atoms. The highest BCUT2D eigenvalue weighted by Crippen LogP contribution is 2.38. The van der Waals surface area contributed by atoms with Crippen molar-refractivity contribution < 1.29 is 19.1 Å². The lowest BCUT2D eigenvalue weighted by Gasteiger charge is -2.32. The smallest absolute Gasteiger partial charge is 0.262 e. The van der Waals surface area contributed by atoms with Crippen LogP contribution in [0.25, 0.3) is 0 Å². The average molecular weight is 360 g/mol. The fourth-order valence-electron chi connectivity index (χ4n) is 2.71. The standard InChI is InChI=1S/C19H18ClNO4/c1-19(2)10-14(22)18-15(7-4-8-16(18)25-19)24-11-17(23)21-13-6-3-5-12(20)9-13/h3-9H,10-11H2,1-2H3,(H,21,23). The molecule has 0 atom stereocenters. The number of carbonyl (C=O) groups excluding carboxylic acids is 2. The first-order valence-electron chi connectivity index (χ1n) is 7.87. The van der Waals surface area contributed by atoms with E-state index < -0.39 is 5.60 Å². The van der Waals surface area contributed by atoms with Gasteiger partial charge in [0.15, 0.2) is 12.4 Å². The van der Waals surface area contributed by atoms with E-state index in [4.69, 9.17) is 21.1 Å². The van der Waals surface area contributed by atoms with Gasteiger partial charge in [0.05, 0.1) is 6.42 Å². The Balaban J connectivity index is 1.70. The summed E-state index contributed by atoms with van der Waals surface area (Å²) >= 11 is 5.89. The van der Waals surface area contributed by atoms with Crippen LogP contribution in [0.3, 0.4) is 0 Å². The Bertz CT molecular complexity index is 832. The third-order valence-corrected chi connectivity index (χ3v) is 3.94. The van der Waals surface area contributed by atoms with Gasteiger partial charge in [-0.25, -0.2) is 0 Å². The minimum atomic E-state index is -0.549. The molecule has 0 spiro atoms. The van der Waals surface area contributed by atoms with Gasteiger partial charge in [-0.15, -0.1) is 0 Å². The number of ether oxygens (including phenoxy) is 2. The topological polar surface area (TPSA) is 64.6 Å². The minimum Gasteiger partial charge on any atom is -0.486 e. The molecular formula is C19H18ClNO4. The summed E-state index contributed by atoms with van der Waals surface area (Å²) < 4.78 is 11.4. The molecule has 2 aromatic rings. The van der Waals surface area contributed by atoms with Gasteiger partial charge in [-0.2, -0.15) is 0 Å². The normalized spacial score (nSPS) is 15.1. The highest BCUT2D eigenvalue weighted by molar-refractivity contribution is 6.30. The number of ketones is 1. The molecule has 1 N–H and O–H groups in total. The van der Waals surface area contributed by atoms with Gasteiger partial charge in [0.1, 0.15) is 22.7 Å². The lowest BCUT2D eigenvalue weighted by atomic mass is 9.92. The molecule has 3 rings (SSSR count). The molecule has 6 heteroatoms. The molecule has 5 nitrogen and oxygen atoms in total. The van der Waals surface area contributed by atoms with Crippen LogP contribution in [0, 0.1) is 0 Å². The third-order valence-electron chi connectivity index (χ3n) is 3.71. The van der Waals surface area contributed by atoms with Gasteiger partial charge in [-0.3, -0.25) is 9.59 Å². The van der Waals surface area contributed by atoms with Crippen LogP contribution in [0.2, 0.25) is 5.02 Å². The molecular weight excluding hydrogens is 342 g/mol. The van der Waals surface area contributed by atoms with Crippen molar-refractivity contribution in [3.63, 3.8) is 0 Å². The predicted molar refractivity (Wildman–Crippen MR) is 95.7 cm³/mol. The average Bonchev–Trinajstić information content (AvgIpc) is 2.51. The molecule has 1 aliphatic rings. The highest BCUT2D eigenvalue weighted by Gasteiger charge is 2.34. The van der Waals surface area contributed by atoms with E-state index in [1.54, 1.807) is 42.5 Å². The van der Waals surface area contributed by atoms with E-state index in [0.717, 1.165) is 0 Å². The summed E-state index contributed by atoms with van der Waals surface area (Å²) in [5.41, 5.74) is 0.418. The summed E-state index contributed by atoms with van der Waals surface area (Å²) in [6.07, 6.45) is 0.259. The number of anilines is 1. The van der Waals surface area contributed by atoms with Crippen molar-refractivity contribution in [1.29, 1.82) is 0 Å². The van der Waals surface area contributed by atoms with Crippen LogP contribution < -0.4 is 14.8 Å². The number of hydrogen-bond acceptors (Lipinski definition) is 4. The van der Waals surface area contributed by atoms with Gasteiger partial charge < -0.3 is 14.8 Å². The number of amides is 1. The van der Waals surface area contributed by atoms with Crippen molar-refractivity contribution in [2.45, 2.75) is 25.9 Å². The Kier molecular flexibility index (Phi) is 4.68. The maximum Gasteiger partial charge on any atom is 0.262 e. The number of fused-ring (bicyclic) bond motifs is 1. The van der Waals surface area contributed by atoms with Crippen LogP contribution in [0.4, 0.5) is 5.69 Å². The second-order valence-electron chi connectivity index (χ2n) is 6.44. The Morgan fingerprint density at radius 2 is 2.04 bits per heavy atom. The Hall–Kier alpha value is -2.53. The van der Waals surface area contributed by atoms with Gasteiger partial charge in [0.25, 0.3) is 5.91 Å². The molecule has 130 valence electrons. The van der Waals surface area contributed by atoms with E-state index in [-0.39, 0.29) is 24.7 Å². The Labute approximate surface area is 150 Å². The maximum atomic E-state index is 12.4. The van der Waals surface area contributed by atoms with Crippen LogP contribution >= 0.6 is 11.6 Å². The van der Waals surface area contributed by atoms with Gasteiger partial charge in [-0.1, -0.05) is 23.7 Å². The van der Waals surface area contributed by atoms with Crippen LogP contribution in [0.1, 0.15) is 30.6 Å². The van der Waals surface area contributed by atoms with Gasteiger partial charge >= 0.3 is 0 Å². The van der Waals surface area contributed by atoms with Crippen LogP contribution in [0.5, 0.6) is 11.5 Å². The number of carbonyl (C=O) groups is 2. The molecule has 1 amide bonds. The molecule has 1 heterocycles. The summed E-state index contributed by atoms with van der Waals surface area (Å²) in [5.74, 6) is 0.426. The molecule has 0 fully saturated rings. The van der Waals surface area contributed by atoms with Crippen molar-refractivity contribution in [3.8, 4) is 11.5 Å². The van der Waals surface area contributed by atoms with Crippen LogP contribution in [-0.2, 0) is 4.79 Å². The molecule has 0 radical (unpaired) electrons. The van der Waals surface area contributed by atoms with E-state index in [1.807, 2.05) is 13.8 Å². The maximum absolute atomic E-state index is 12.4. The molecule has 1 aliphatic heterocycles. The number of benzene rings is 2. The van der Waals surface area contributed by atoms with Crippen LogP contribution in [0.15, 0.2) is 42.5 Å². The first-order chi connectivity index (χ1) is 11.8. The van der Waals surface area contributed by atoms with E-state index in [9.17, 15) is 9.59 Å². The number of rotatable bonds is 4. The largest absolute Gasteiger partial charge is 0.486 e. The molecule has 0 saturated carbocycles. The Morgan fingerprint density at radius 3 is 2.80 bits per heavy atom. The van der Waals surface area contributed by atoms with Crippen molar-refractivity contribution >= 4 is 29.0 Å². The SMILES string of the molecule is CC1(C)CC(=O)c2c(OCC(=O)Nc3cccc(Cl)c3)cccc2O1. The van der Waals surface area contributed by atoms with Crippen molar-refractivity contribution in [2.75, 3.05) is 11.9 Å². The van der Waals surface area contributed by atoms with Gasteiger partial charge in [-0.05, 0) is 44.2 Å². The second-order valence-corrected chi connectivity index (χ2v) is 6.87. The van der Waals surface area contributed by atoms with E-state index in [1.165, 1.54) is 0 Å². The zero-order valence-corrected chi connectivity index (χ0v) is 14.7. The van der Waals surface area contributed by atoms with E-state index >= 15 is 0 Å². The van der Waals surface area contributed by atoms with Crippen molar-refractivity contribution in [2.24, 2.45) is 0 Å². The zero-order chi connectivity index (χ0) is 18.0. The summed E-state index contributed by atoms with van der Waals surface area (Å²) in [7, 11) is 0. The van der Waals surface area contributed by atoms with Crippen molar-refractivity contribution in [3.05, 3.63) is 53.1 Å². The monoisotopic (exact) mass is 359 g/mol. The lowest BCUT2D eigenvalue weighted by Crippen LogP contribution is -2.36. The minimum absolute atomic E-state index is 0.0582. The fourth-order valence-corrected chi connectivity index (χ4v) is 2.90.